The summed E-state index contributed by atoms with van der Waals surface area (Å²) in [6.07, 6.45) is 1.67. The van der Waals surface area contributed by atoms with E-state index < -0.39 is 10.0 Å². The Morgan fingerprint density at radius 1 is 0.968 bits per heavy atom. The lowest BCUT2D eigenvalue weighted by molar-refractivity contribution is 0.102. The summed E-state index contributed by atoms with van der Waals surface area (Å²) in [6.45, 7) is 8.19. The zero-order valence-electron chi connectivity index (χ0n) is 18.1. The Morgan fingerprint density at radius 3 is 2.19 bits per heavy atom. The van der Waals surface area contributed by atoms with E-state index in [1.807, 2.05) is 19.1 Å². The summed E-state index contributed by atoms with van der Waals surface area (Å²) < 4.78 is 27.8. The number of carbonyl (C=O) groups is 1. The van der Waals surface area contributed by atoms with Gasteiger partial charge in [-0.2, -0.15) is 0 Å². The first-order valence-corrected chi connectivity index (χ1v) is 11.5. The van der Waals surface area contributed by atoms with Gasteiger partial charge in [-0.1, -0.05) is 45.0 Å². The van der Waals surface area contributed by atoms with Crippen LogP contribution in [0.2, 0.25) is 0 Å². The summed E-state index contributed by atoms with van der Waals surface area (Å²) in [7, 11) is -3.63. The molecule has 0 aliphatic heterocycles. The number of benzene rings is 2. The van der Waals surface area contributed by atoms with Crippen LogP contribution in [0.15, 0.2) is 71.8 Å². The number of hydrogen-bond acceptors (Lipinski definition) is 4. The van der Waals surface area contributed by atoms with E-state index in [0.29, 0.717) is 11.3 Å². The number of nitrogens with zero attached hydrogens (tertiary/aromatic N) is 1. The van der Waals surface area contributed by atoms with Gasteiger partial charge >= 0.3 is 0 Å². The van der Waals surface area contributed by atoms with E-state index in [2.05, 4.69) is 35.8 Å². The van der Waals surface area contributed by atoms with Crippen LogP contribution in [0.25, 0.3) is 0 Å². The molecule has 1 aromatic heterocycles. The third-order valence-electron chi connectivity index (χ3n) is 4.97. The first-order chi connectivity index (χ1) is 14.6. The number of carbonyl (C=O) groups excluding carboxylic acids is 1. The molecule has 1 amide bonds. The highest BCUT2D eigenvalue weighted by Gasteiger charge is 2.17. The quantitative estimate of drug-likeness (QED) is 0.598. The van der Waals surface area contributed by atoms with Crippen molar-refractivity contribution in [2.45, 2.75) is 44.6 Å². The summed E-state index contributed by atoms with van der Waals surface area (Å²) >= 11 is 0. The largest absolute Gasteiger partial charge is 0.320 e. The van der Waals surface area contributed by atoms with Crippen LogP contribution in [0.4, 0.5) is 5.69 Å². The third-order valence-corrected chi connectivity index (χ3v) is 6.39. The molecule has 0 saturated carbocycles. The normalized spacial score (nSPS) is 11.9. The summed E-state index contributed by atoms with van der Waals surface area (Å²) in [6, 6.07) is 17.3. The van der Waals surface area contributed by atoms with Crippen molar-refractivity contribution in [1.29, 1.82) is 0 Å². The Kier molecular flexibility index (Phi) is 6.57. The van der Waals surface area contributed by atoms with Crippen molar-refractivity contribution in [2.24, 2.45) is 0 Å². The lowest BCUT2D eigenvalue weighted by Crippen LogP contribution is -2.23. The van der Waals surface area contributed by atoms with Gasteiger partial charge in [-0.05, 0) is 59.9 Å². The highest BCUT2D eigenvalue weighted by Crippen LogP contribution is 2.23. The number of hydrogen-bond donors (Lipinski definition) is 2. The van der Waals surface area contributed by atoms with Crippen molar-refractivity contribution in [1.82, 2.24) is 9.71 Å². The zero-order chi connectivity index (χ0) is 22.6. The molecular formula is C24H27N3O3S. The maximum atomic E-state index is 12.6. The smallest absolute Gasteiger partial charge is 0.255 e. The molecule has 3 rings (SSSR count). The van der Waals surface area contributed by atoms with Crippen LogP contribution in [0, 0.1) is 6.92 Å². The van der Waals surface area contributed by atoms with Crippen LogP contribution >= 0.6 is 0 Å². The Hall–Kier alpha value is -3.03. The molecular weight excluding hydrogens is 410 g/mol. The molecule has 0 aliphatic carbocycles. The van der Waals surface area contributed by atoms with E-state index in [1.165, 1.54) is 0 Å². The predicted octanol–water partition coefficient (Wildman–Crippen LogP) is 4.42. The highest BCUT2D eigenvalue weighted by molar-refractivity contribution is 7.89. The van der Waals surface area contributed by atoms with E-state index in [4.69, 9.17) is 0 Å². The average molecular weight is 438 g/mol. The Morgan fingerprint density at radius 2 is 1.61 bits per heavy atom. The SMILES string of the molecule is Cc1ncccc1NC(=O)c1ccc(CNS(=O)(=O)c2ccc(C(C)(C)C)cc2)cc1. The summed E-state index contributed by atoms with van der Waals surface area (Å²) in [5.41, 5.74) is 3.65. The average Bonchev–Trinajstić information content (AvgIpc) is 2.74. The van der Waals surface area contributed by atoms with Crippen LogP contribution in [-0.2, 0) is 22.0 Å². The number of rotatable bonds is 6. The molecule has 0 spiro atoms. The maximum absolute atomic E-state index is 12.6. The van der Waals surface area contributed by atoms with E-state index in [9.17, 15) is 13.2 Å². The lowest BCUT2D eigenvalue weighted by Gasteiger charge is -2.19. The standard InChI is InChI=1S/C24H27N3O3S/c1-17-22(6-5-15-25-17)27-23(28)19-9-7-18(8-10-19)16-26-31(29,30)21-13-11-20(12-14-21)24(2,3)4/h5-15,26H,16H2,1-4H3,(H,27,28). The molecule has 2 aromatic carbocycles. The van der Waals surface area contributed by atoms with E-state index in [-0.39, 0.29) is 22.8 Å². The van der Waals surface area contributed by atoms with Crippen molar-refractivity contribution in [3.8, 4) is 0 Å². The van der Waals surface area contributed by atoms with Gasteiger partial charge in [-0.15, -0.1) is 0 Å². The number of nitrogens with one attached hydrogen (secondary N) is 2. The molecule has 162 valence electrons. The molecule has 1 heterocycles. The molecule has 0 bridgehead atoms. The third kappa shape index (κ3) is 5.77. The second-order valence-corrected chi connectivity index (χ2v) is 10.2. The second-order valence-electron chi connectivity index (χ2n) is 8.39. The highest BCUT2D eigenvalue weighted by atomic mass is 32.2. The molecule has 0 atom stereocenters. The fraction of sp³-hybridized carbons (Fsp3) is 0.250. The summed E-state index contributed by atoms with van der Waals surface area (Å²) in [4.78, 5) is 16.8. The monoisotopic (exact) mass is 437 g/mol. The molecule has 2 N–H and O–H groups in total. The van der Waals surface area contributed by atoms with Gasteiger partial charge in [0.2, 0.25) is 10.0 Å². The molecule has 0 saturated heterocycles. The van der Waals surface area contributed by atoms with Crippen LogP contribution < -0.4 is 10.0 Å². The van der Waals surface area contributed by atoms with Gasteiger partial charge in [0, 0.05) is 18.3 Å². The van der Waals surface area contributed by atoms with Crippen LogP contribution in [0.3, 0.4) is 0 Å². The minimum absolute atomic E-state index is 0.0422. The van der Waals surface area contributed by atoms with Gasteiger partial charge in [0.15, 0.2) is 0 Å². The number of aryl methyl sites for hydroxylation is 1. The van der Waals surface area contributed by atoms with Crippen molar-refractivity contribution in [2.75, 3.05) is 5.32 Å². The van der Waals surface area contributed by atoms with Gasteiger partial charge in [-0.3, -0.25) is 9.78 Å². The van der Waals surface area contributed by atoms with Crippen molar-refractivity contribution in [3.05, 3.63) is 89.2 Å². The number of anilines is 1. The molecule has 3 aromatic rings. The molecule has 0 aliphatic rings. The van der Waals surface area contributed by atoms with Crippen LogP contribution in [0.5, 0.6) is 0 Å². The molecule has 0 unspecified atom stereocenters. The number of amides is 1. The van der Waals surface area contributed by atoms with E-state index in [0.717, 1.165) is 16.8 Å². The van der Waals surface area contributed by atoms with E-state index >= 15 is 0 Å². The zero-order valence-corrected chi connectivity index (χ0v) is 19.0. The van der Waals surface area contributed by atoms with Gasteiger partial charge in [0.05, 0.1) is 16.3 Å². The fourth-order valence-corrected chi connectivity index (χ4v) is 4.00. The van der Waals surface area contributed by atoms with E-state index in [1.54, 1.807) is 54.7 Å². The molecule has 7 heteroatoms. The Bertz CT molecular complexity index is 1160. The molecule has 6 nitrogen and oxygen atoms in total. The first kappa shape index (κ1) is 22.7. The fourth-order valence-electron chi connectivity index (χ4n) is 2.98. The Labute approximate surface area is 183 Å². The van der Waals surface area contributed by atoms with Crippen LogP contribution in [0.1, 0.15) is 48.0 Å². The molecule has 0 fully saturated rings. The number of aromatic nitrogens is 1. The number of sulfonamides is 1. The lowest BCUT2D eigenvalue weighted by atomic mass is 9.87. The minimum Gasteiger partial charge on any atom is -0.320 e. The molecule has 31 heavy (non-hydrogen) atoms. The van der Waals surface area contributed by atoms with Crippen molar-refractivity contribution < 1.29 is 13.2 Å². The van der Waals surface area contributed by atoms with Crippen molar-refractivity contribution in [3.63, 3.8) is 0 Å². The summed E-state index contributed by atoms with van der Waals surface area (Å²) in [5.74, 6) is -0.248. The maximum Gasteiger partial charge on any atom is 0.255 e. The van der Waals surface area contributed by atoms with Gasteiger partial charge in [0.25, 0.3) is 5.91 Å². The topological polar surface area (TPSA) is 88.2 Å². The number of pyridine rings is 1. The minimum atomic E-state index is -3.63. The van der Waals surface area contributed by atoms with Crippen molar-refractivity contribution >= 4 is 21.6 Å². The van der Waals surface area contributed by atoms with Gasteiger partial charge in [-0.25, -0.2) is 13.1 Å². The van der Waals surface area contributed by atoms with Gasteiger partial charge < -0.3 is 5.32 Å². The first-order valence-electron chi connectivity index (χ1n) is 9.98. The predicted molar refractivity (Wildman–Crippen MR) is 123 cm³/mol. The van der Waals surface area contributed by atoms with Crippen LogP contribution in [-0.4, -0.2) is 19.3 Å². The Balaban J connectivity index is 1.63. The summed E-state index contributed by atoms with van der Waals surface area (Å²) in [5, 5.41) is 2.83. The second kappa shape index (κ2) is 8.99. The molecule has 0 radical (unpaired) electrons. The van der Waals surface area contributed by atoms with Gasteiger partial charge in [0.1, 0.15) is 0 Å².